The van der Waals surface area contributed by atoms with Gasteiger partial charge in [-0.15, -0.1) is 0 Å². The van der Waals surface area contributed by atoms with Gasteiger partial charge in [0.1, 0.15) is 5.75 Å². The average molecular weight is 254 g/mol. The van der Waals surface area contributed by atoms with Gasteiger partial charge in [-0.3, -0.25) is 4.79 Å². The molecule has 0 aliphatic rings. The van der Waals surface area contributed by atoms with Crippen LogP contribution in [0.3, 0.4) is 0 Å². The summed E-state index contributed by atoms with van der Waals surface area (Å²) in [5.41, 5.74) is 1.39. The molecule has 14 heavy (non-hydrogen) atoms. The Hall–Kier alpha value is -1.34. The van der Waals surface area contributed by atoms with E-state index in [1.807, 2.05) is 6.07 Å². The number of benzene rings is 1. The minimum absolute atomic E-state index is 0.388. The van der Waals surface area contributed by atoms with Crippen molar-refractivity contribution in [1.29, 1.82) is 5.26 Å². The number of carbonyl (C=O) groups is 1. The third-order valence-corrected chi connectivity index (χ3v) is 2.16. The molecule has 72 valence electrons. The van der Waals surface area contributed by atoms with Crippen LogP contribution in [0.4, 0.5) is 0 Å². The number of rotatable bonds is 2. The van der Waals surface area contributed by atoms with Crippen molar-refractivity contribution in [2.24, 2.45) is 0 Å². The SMILES string of the molecule is CC(=O)Oc1cc(C#N)cc(CBr)c1. The van der Waals surface area contributed by atoms with Crippen LogP contribution >= 0.6 is 15.9 Å². The second-order valence-corrected chi connectivity index (χ2v) is 3.27. The van der Waals surface area contributed by atoms with Gasteiger partial charge in [0.25, 0.3) is 0 Å². The zero-order chi connectivity index (χ0) is 10.6. The van der Waals surface area contributed by atoms with Crippen LogP contribution in [-0.4, -0.2) is 5.97 Å². The fraction of sp³-hybridized carbons (Fsp3) is 0.200. The van der Waals surface area contributed by atoms with E-state index in [4.69, 9.17) is 10.00 Å². The number of carbonyl (C=O) groups excluding carboxylic acids is 1. The number of alkyl halides is 1. The first kappa shape index (κ1) is 10.7. The maximum Gasteiger partial charge on any atom is 0.308 e. The first-order valence-electron chi connectivity index (χ1n) is 3.94. The molecule has 1 rings (SSSR count). The van der Waals surface area contributed by atoms with E-state index in [1.54, 1.807) is 12.1 Å². The Bertz CT molecular complexity index is 396. The molecule has 0 spiro atoms. The van der Waals surface area contributed by atoms with Crippen molar-refractivity contribution in [2.45, 2.75) is 12.3 Å². The Kier molecular flexibility index (Phi) is 3.66. The molecule has 0 aromatic heterocycles. The maximum absolute atomic E-state index is 10.7. The molecule has 0 fully saturated rings. The zero-order valence-corrected chi connectivity index (χ0v) is 9.17. The van der Waals surface area contributed by atoms with E-state index in [0.717, 1.165) is 5.56 Å². The van der Waals surface area contributed by atoms with E-state index in [2.05, 4.69) is 15.9 Å². The summed E-state index contributed by atoms with van der Waals surface area (Å²) in [6.07, 6.45) is 0. The fourth-order valence-electron chi connectivity index (χ4n) is 1.03. The molecule has 1 aromatic rings. The highest BCUT2D eigenvalue weighted by molar-refractivity contribution is 9.08. The van der Waals surface area contributed by atoms with Gasteiger partial charge >= 0.3 is 5.97 Å². The molecule has 0 atom stereocenters. The molecule has 0 N–H and O–H groups in total. The van der Waals surface area contributed by atoms with Crippen molar-refractivity contribution in [3.8, 4) is 11.8 Å². The molecule has 0 bridgehead atoms. The number of halogens is 1. The van der Waals surface area contributed by atoms with Gasteiger partial charge in [0.15, 0.2) is 0 Å². The van der Waals surface area contributed by atoms with E-state index in [-0.39, 0.29) is 5.97 Å². The Morgan fingerprint density at radius 1 is 1.57 bits per heavy atom. The van der Waals surface area contributed by atoms with Crippen LogP contribution in [0, 0.1) is 11.3 Å². The van der Waals surface area contributed by atoms with Gasteiger partial charge in [-0.2, -0.15) is 5.26 Å². The second kappa shape index (κ2) is 4.77. The minimum Gasteiger partial charge on any atom is -0.427 e. The summed E-state index contributed by atoms with van der Waals surface area (Å²) in [6.45, 7) is 1.33. The Labute approximate surface area is 90.4 Å². The zero-order valence-electron chi connectivity index (χ0n) is 7.58. The highest BCUT2D eigenvalue weighted by Gasteiger charge is 2.02. The van der Waals surface area contributed by atoms with Crippen molar-refractivity contribution in [3.05, 3.63) is 29.3 Å². The summed E-state index contributed by atoms with van der Waals surface area (Å²) in [6, 6.07) is 7.00. The number of hydrogen-bond acceptors (Lipinski definition) is 3. The average Bonchev–Trinajstić information content (AvgIpc) is 2.16. The van der Waals surface area contributed by atoms with E-state index >= 15 is 0 Å². The Morgan fingerprint density at radius 2 is 2.29 bits per heavy atom. The monoisotopic (exact) mass is 253 g/mol. The molecular weight excluding hydrogens is 246 g/mol. The number of ether oxygens (including phenoxy) is 1. The lowest BCUT2D eigenvalue weighted by molar-refractivity contribution is -0.131. The number of nitrogens with zero attached hydrogens (tertiary/aromatic N) is 1. The van der Waals surface area contributed by atoms with Crippen LogP contribution in [0.15, 0.2) is 18.2 Å². The summed E-state index contributed by atoms with van der Waals surface area (Å²) in [5, 5.41) is 9.33. The molecular formula is C10H8BrNO2. The highest BCUT2D eigenvalue weighted by Crippen LogP contribution is 2.18. The highest BCUT2D eigenvalue weighted by atomic mass is 79.9. The van der Waals surface area contributed by atoms with Crippen molar-refractivity contribution in [3.63, 3.8) is 0 Å². The first-order chi connectivity index (χ1) is 6.65. The molecule has 0 saturated heterocycles. The van der Waals surface area contributed by atoms with Crippen LogP contribution < -0.4 is 4.74 Å². The van der Waals surface area contributed by atoms with Gasteiger partial charge < -0.3 is 4.74 Å². The van der Waals surface area contributed by atoms with Gasteiger partial charge in [0, 0.05) is 12.3 Å². The number of esters is 1. The molecule has 0 radical (unpaired) electrons. The van der Waals surface area contributed by atoms with Crippen LogP contribution in [0.2, 0.25) is 0 Å². The lowest BCUT2D eigenvalue weighted by atomic mass is 10.1. The Morgan fingerprint density at radius 3 is 2.79 bits per heavy atom. The smallest absolute Gasteiger partial charge is 0.308 e. The van der Waals surface area contributed by atoms with Crippen LogP contribution in [0.25, 0.3) is 0 Å². The van der Waals surface area contributed by atoms with E-state index < -0.39 is 0 Å². The van der Waals surface area contributed by atoms with Crippen molar-refractivity contribution in [1.82, 2.24) is 0 Å². The van der Waals surface area contributed by atoms with E-state index in [0.29, 0.717) is 16.6 Å². The van der Waals surface area contributed by atoms with E-state index in [1.165, 1.54) is 13.0 Å². The topological polar surface area (TPSA) is 50.1 Å². The molecule has 1 aromatic carbocycles. The van der Waals surface area contributed by atoms with Crippen LogP contribution in [0.1, 0.15) is 18.1 Å². The molecule has 0 aliphatic heterocycles. The van der Waals surface area contributed by atoms with Gasteiger partial charge in [-0.25, -0.2) is 0 Å². The van der Waals surface area contributed by atoms with Crippen LogP contribution in [-0.2, 0) is 10.1 Å². The van der Waals surface area contributed by atoms with Crippen molar-refractivity contribution in [2.75, 3.05) is 0 Å². The quantitative estimate of drug-likeness (QED) is 0.462. The number of nitriles is 1. The fourth-order valence-corrected chi connectivity index (χ4v) is 1.35. The molecule has 0 aliphatic carbocycles. The van der Waals surface area contributed by atoms with Crippen LogP contribution in [0.5, 0.6) is 5.75 Å². The van der Waals surface area contributed by atoms with Gasteiger partial charge in [-0.1, -0.05) is 15.9 Å². The molecule has 3 nitrogen and oxygen atoms in total. The maximum atomic E-state index is 10.7. The standard InChI is InChI=1S/C10H8BrNO2/c1-7(13)14-10-3-8(5-11)2-9(4-10)6-12/h2-4H,5H2,1H3. The number of hydrogen-bond donors (Lipinski definition) is 0. The molecule has 0 amide bonds. The van der Waals surface area contributed by atoms with Gasteiger partial charge in [-0.05, 0) is 23.8 Å². The molecule has 0 heterocycles. The predicted molar refractivity (Wildman–Crippen MR) is 55.1 cm³/mol. The van der Waals surface area contributed by atoms with Crippen molar-refractivity contribution >= 4 is 21.9 Å². The molecule has 4 heteroatoms. The first-order valence-corrected chi connectivity index (χ1v) is 5.06. The third-order valence-electron chi connectivity index (χ3n) is 1.51. The largest absolute Gasteiger partial charge is 0.427 e. The van der Waals surface area contributed by atoms with Gasteiger partial charge in [0.05, 0.1) is 11.6 Å². The summed E-state index contributed by atoms with van der Waals surface area (Å²) in [5.74, 6) is 0.0200. The van der Waals surface area contributed by atoms with Crippen molar-refractivity contribution < 1.29 is 9.53 Å². The Balaban J connectivity index is 3.05. The lowest BCUT2D eigenvalue weighted by Gasteiger charge is -2.03. The molecule has 0 unspecified atom stereocenters. The normalized spacial score (nSPS) is 9.21. The lowest BCUT2D eigenvalue weighted by Crippen LogP contribution is -2.01. The minimum atomic E-state index is -0.388. The van der Waals surface area contributed by atoms with Gasteiger partial charge in [0.2, 0.25) is 0 Å². The summed E-state index contributed by atoms with van der Waals surface area (Å²) in [7, 11) is 0. The summed E-state index contributed by atoms with van der Waals surface area (Å²) in [4.78, 5) is 10.7. The predicted octanol–water partition coefficient (Wildman–Crippen LogP) is 2.38. The molecule has 0 saturated carbocycles. The second-order valence-electron chi connectivity index (χ2n) is 2.70. The third kappa shape index (κ3) is 2.86. The van der Waals surface area contributed by atoms with E-state index in [9.17, 15) is 4.79 Å². The summed E-state index contributed by atoms with van der Waals surface area (Å²) >= 11 is 3.27. The summed E-state index contributed by atoms with van der Waals surface area (Å²) < 4.78 is 4.89.